The number of aromatic amines is 1. The quantitative estimate of drug-likeness (QED) is 0.606. The normalized spacial score (nSPS) is 11.2. The first kappa shape index (κ1) is 16.7. The van der Waals surface area contributed by atoms with Crippen LogP contribution in [0.1, 0.15) is 30.9 Å². The van der Waals surface area contributed by atoms with Crippen molar-refractivity contribution < 1.29 is 4.39 Å². The number of hydrogen-bond acceptors (Lipinski definition) is 4. The zero-order valence-electron chi connectivity index (χ0n) is 14.6. The molecule has 0 unspecified atom stereocenters. The zero-order valence-corrected chi connectivity index (χ0v) is 14.6. The first-order chi connectivity index (χ1) is 13.0. The van der Waals surface area contributed by atoms with Crippen LogP contribution < -0.4 is 5.56 Å². The van der Waals surface area contributed by atoms with E-state index in [0.717, 1.165) is 0 Å². The van der Waals surface area contributed by atoms with Gasteiger partial charge in [0.1, 0.15) is 17.4 Å². The third-order valence-corrected chi connectivity index (χ3v) is 4.35. The molecule has 0 amide bonds. The van der Waals surface area contributed by atoms with Crippen LogP contribution in [0, 0.1) is 17.1 Å². The van der Waals surface area contributed by atoms with Gasteiger partial charge in [-0.25, -0.2) is 9.07 Å². The van der Waals surface area contributed by atoms with Gasteiger partial charge in [0, 0.05) is 17.3 Å². The van der Waals surface area contributed by atoms with E-state index >= 15 is 0 Å². The molecule has 1 N–H and O–H groups in total. The number of nitrogens with one attached hydrogen (secondary N) is 1. The van der Waals surface area contributed by atoms with E-state index in [9.17, 15) is 14.4 Å². The van der Waals surface area contributed by atoms with E-state index in [-0.39, 0.29) is 22.9 Å². The molecule has 1 aromatic carbocycles. The smallest absolute Gasteiger partial charge is 0.278 e. The lowest BCUT2D eigenvalue weighted by Crippen LogP contribution is -2.22. The minimum atomic E-state index is -0.361. The highest BCUT2D eigenvalue weighted by molar-refractivity contribution is 5.67. The summed E-state index contributed by atoms with van der Waals surface area (Å²) in [5.41, 5.74) is 2.66. The summed E-state index contributed by atoms with van der Waals surface area (Å²) in [6.45, 7) is 3.82. The predicted molar refractivity (Wildman–Crippen MR) is 97.1 cm³/mol. The Kier molecular flexibility index (Phi) is 3.85. The molecule has 134 valence electrons. The van der Waals surface area contributed by atoms with Crippen LogP contribution >= 0.6 is 0 Å². The van der Waals surface area contributed by atoms with Gasteiger partial charge in [0.25, 0.3) is 5.56 Å². The van der Waals surface area contributed by atoms with Crippen molar-refractivity contribution in [3.05, 3.63) is 70.2 Å². The fourth-order valence-corrected chi connectivity index (χ4v) is 3.09. The Hall–Kier alpha value is -3.73. The Balaban J connectivity index is 1.95. The molecule has 27 heavy (non-hydrogen) atoms. The predicted octanol–water partition coefficient (Wildman–Crippen LogP) is 3.01. The van der Waals surface area contributed by atoms with Crippen molar-refractivity contribution in [3.63, 3.8) is 0 Å². The number of halogens is 1. The van der Waals surface area contributed by atoms with Crippen molar-refractivity contribution in [3.8, 4) is 23.0 Å². The Morgan fingerprint density at radius 2 is 2.07 bits per heavy atom. The Bertz CT molecular complexity index is 1260. The second-order valence-corrected chi connectivity index (χ2v) is 6.46. The summed E-state index contributed by atoms with van der Waals surface area (Å²) < 4.78 is 16.2. The van der Waals surface area contributed by atoms with Crippen LogP contribution in [-0.2, 0) is 0 Å². The van der Waals surface area contributed by atoms with Gasteiger partial charge in [-0.15, -0.1) is 0 Å². The highest BCUT2D eigenvalue weighted by Crippen LogP contribution is 2.26. The standard InChI is InChI=1S/C19H15FN6O/c1-11(2)16-17(24-18-12(7-21)8-23-26(18)19(16)27)13-9-22-25(10-13)15-5-3-4-14(20)6-15/h3-6,8-11,24H,1-2H3. The number of benzene rings is 1. The van der Waals surface area contributed by atoms with E-state index in [1.165, 1.54) is 27.5 Å². The van der Waals surface area contributed by atoms with Crippen molar-refractivity contribution in [1.82, 2.24) is 24.4 Å². The van der Waals surface area contributed by atoms with E-state index in [1.54, 1.807) is 24.5 Å². The first-order valence-electron chi connectivity index (χ1n) is 8.34. The topological polar surface area (TPSA) is 91.8 Å². The summed E-state index contributed by atoms with van der Waals surface area (Å²) in [4.78, 5) is 16.1. The van der Waals surface area contributed by atoms with Gasteiger partial charge in [-0.1, -0.05) is 19.9 Å². The van der Waals surface area contributed by atoms with Gasteiger partial charge in [0.05, 0.1) is 23.8 Å². The molecule has 4 aromatic rings. The number of fused-ring (bicyclic) bond motifs is 1. The third-order valence-electron chi connectivity index (χ3n) is 4.35. The second kappa shape index (κ2) is 6.21. The molecular formula is C19H15FN6O. The Morgan fingerprint density at radius 1 is 1.26 bits per heavy atom. The third kappa shape index (κ3) is 2.69. The number of nitriles is 1. The molecule has 0 saturated heterocycles. The molecule has 0 spiro atoms. The average molecular weight is 362 g/mol. The lowest BCUT2D eigenvalue weighted by Gasteiger charge is -2.11. The molecule has 3 heterocycles. The van der Waals surface area contributed by atoms with Crippen molar-refractivity contribution in [2.45, 2.75) is 19.8 Å². The molecule has 4 rings (SSSR count). The lowest BCUT2D eigenvalue weighted by molar-refractivity contribution is 0.625. The number of hydrogen-bond donors (Lipinski definition) is 1. The number of H-pyrrole nitrogens is 1. The highest BCUT2D eigenvalue weighted by Gasteiger charge is 2.20. The maximum Gasteiger partial charge on any atom is 0.278 e. The summed E-state index contributed by atoms with van der Waals surface area (Å²) in [5.74, 6) is -0.444. The Morgan fingerprint density at radius 3 is 2.78 bits per heavy atom. The second-order valence-electron chi connectivity index (χ2n) is 6.46. The molecule has 0 aliphatic rings. The number of aromatic nitrogens is 5. The fraction of sp³-hybridized carbons (Fsp3) is 0.158. The SMILES string of the molecule is CC(C)c1c(-c2cnn(-c3cccc(F)c3)c2)[nH]c2c(C#N)cnn2c1=O. The van der Waals surface area contributed by atoms with Gasteiger partial charge in [-0.05, 0) is 24.1 Å². The molecule has 0 saturated carbocycles. The van der Waals surface area contributed by atoms with Crippen LogP contribution in [-0.4, -0.2) is 24.4 Å². The lowest BCUT2D eigenvalue weighted by atomic mass is 10.00. The minimum absolute atomic E-state index is 0.0830. The van der Waals surface area contributed by atoms with Gasteiger partial charge in [0.2, 0.25) is 0 Å². The molecule has 0 aliphatic heterocycles. The molecule has 0 fully saturated rings. The molecule has 0 bridgehead atoms. The molecule has 0 radical (unpaired) electrons. The van der Waals surface area contributed by atoms with E-state index in [1.807, 2.05) is 19.9 Å². The van der Waals surface area contributed by atoms with Crippen LogP contribution in [0.5, 0.6) is 0 Å². The van der Waals surface area contributed by atoms with Crippen LogP contribution in [0.15, 0.2) is 47.7 Å². The number of rotatable bonds is 3. The monoisotopic (exact) mass is 362 g/mol. The minimum Gasteiger partial charge on any atom is -0.338 e. The highest BCUT2D eigenvalue weighted by atomic mass is 19.1. The van der Waals surface area contributed by atoms with Gasteiger partial charge >= 0.3 is 0 Å². The van der Waals surface area contributed by atoms with E-state index in [4.69, 9.17) is 0 Å². The summed E-state index contributed by atoms with van der Waals surface area (Å²) in [6, 6.07) is 8.10. The molecule has 0 atom stereocenters. The van der Waals surface area contributed by atoms with Crippen LogP contribution in [0.25, 0.3) is 22.6 Å². The van der Waals surface area contributed by atoms with Crippen LogP contribution in [0.3, 0.4) is 0 Å². The maximum atomic E-state index is 13.5. The molecule has 3 aromatic heterocycles. The van der Waals surface area contributed by atoms with Gasteiger partial charge in [-0.2, -0.15) is 20.0 Å². The zero-order chi connectivity index (χ0) is 19.1. The fourth-order valence-electron chi connectivity index (χ4n) is 3.09. The summed E-state index contributed by atoms with van der Waals surface area (Å²) in [7, 11) is 0. The first-order valence-corrected chi connectivity index (χ1v) is 8.34. The Labute approximate surface area is 153 Å². The largest absolute Gasteiger partial charge is 0.338 e. The van der Waals surface area contributed by atoms with Crippen LogP contribution in [0.4, 0.5) is 4.39 Å². The average Bonchev–Trinajstić information content (AvgIpc) is 3.28. The van der Waals surface area contributed by atoms with Crippen molar-refractivity contribution in [1.29, 1.82) is 5.26 Å². The summed E-state index contributed by atoms with van der Waals surface area (Å²) in [6.07, 6.45) is 4.67. The van der Waals surface area contributed by atoms with Gasteiger partial charge in [0.15, 0.2) is 5.65 Å². The van der Waals surface area contributed by atoms with Crippen molar-refractivity contribution >= 4 is 5.65 Å². The maximum absolute atomic E-state index is 13.5. The van der Waals surface area contributed by atoms with Gasteiger partial charge in [-0.3, -0.25) is 4.79 Å². The molecule has 0 aliphatic carbocycles. The van der Waals surface area contributed by atoms with Crippen molar-refractivity contribution in [2.24, 2.45) is 0 Å². The van der Waals surface area contributed by atoms with Gasteiger partial charge < -0.3 is 4.98 Å². The van der Waals surface area contributed by atoms with E-state index in [2.05, 4.69) is 15.2 Å². The summed E-state index contributed by atoms with van der Waals surface area (Å²) >= 11 is 0. The molecule has 8 heteroatoms. The van der Waals surface area contributed by atoms with Crippen LogP contribution in [0.2, 0.25) is 0 Å². The summed E-state index contributed by atoms with van der Waals surface area (Å²) in [5, 5.41) is 17.6. The molecular weight excluding hydrogens is 347 g/mol. The number of nitrogens with zero attached hydrogens (tertiary/aromatic N) is 5. The van der Waals surface area contributed by atoms with E-state index in [0.29, 0.717) is 28.2 Å². The molecule has 7 nitrogen and oxygen atoms in total. The van der Waals surface area contributed by atoms with E-state index < -0.39 is 0 Å². The van der Waals surface area contributed by atoms with Crippen molar-refractivity contribution in [2.75, 3.05) is 0 Å².